The minimum Gasteiger partial charge on any atom is -0.493 e. The van der Waals surface area contributed by atoms with Crippen LogP contribution in [-0.4, -0.2) is 34.3 Å². The normalized spacial score (nSPS) is 11.2. The van der Waals surface area contributed by atoms with Gasteiger partial charge in [-0.2, -0.15) is 13.5 Å². The van der Waals surface area contributed by atoms with E-state index in [2.05, 4.69) is 15.2 Å². The highest BCUT2D eigenvalue weighted by Crippen LogP contribution is 2.28. The fraction of sp³-hybridized carbons (Fsp3) is 0.130. The van der Waals surface area contributed by atoms with E-state index in [4.69, 9.17) is 21.1 Å². The van der Waals surface area contributed by atoms with Gasteiger partial charge in [-0.1, -0.05) is 41.4 Å². The fourth-order valence-corrected chi connectivity index (χ4v) is 3.69. The zero-order valence-corrected chi connectivity index (χ0v) is 19.5. The van der Waals surface area contributed by atoms with Crippen molar-refractivity contribution in [1.82, 2.24) is 4.83 Å². The van der Waals surface area contributed by atoms with Gasteiger partial charge in [-0.05, 0) is 55.0 Å². The summed E-state index contributed by atoms with van der Waals surface area (Å²) in [6.45, 7) is 1.61. The first-order valence-corrected chi connectivity index (χ1v) is 11.6. The molecule has 0 saturated heterocycles. The molecule has 0 heterocycles. The van der Waals surface area contributed by atoms with Crippen LogP contribution >= 0.6 is 11.6 Å². The second-order valence-electron chi connectivity index (χ2n) is 6.89. The number of amides is 1. The average molecular weight is 488 g/mol. The number of hydrogen-bond acceptors (Lipinski definition) is 6. The lowest BCUT2D eigenvalue weighted by molar-refractivity contribution is -0.118. The highest BCUT2D eigenvalue weighted by atomic mass is 35.5. The number of carbonyl (C=O) groups is 1. The molecule has 0 aliphatic rings. The van der Waals surface area contributed by atoms with Gasteiger partial charge in [0.25, 0.3) is 15.9 Å². The maximum atomic E-state index is 12.3. The maximum absolute atomic E-state index is 12.3. The Balaban J connectivity index is 1.61. The predicted octanol–water partition coefficient (Wildman–Crippen LogP) is 3.99. The van der Waals surface area contributed by atoms with E-state index in [0.29, 0.717) is 27.8 Å². The van der Waals surface area contributed by atoms with Crippen LogP contribution in [0, 0.1) is 6.92 Å². The third-order valence-electron chi connectivity index (χ3n) is 4.41. The second-order valence-corrected chi connectivity index (χ2v) is 8.96. The lowest BCUT2D eigenvalue weighted by atomic mass is 10.2. The molecular weight excluding hydrogens is 466 g/mol. The summed E-state index contributed by atoms with van der Waals surface area (Å²) in [5.74, 6) is 0.302. The van der Waals surface area contributed by atoms with Crippen LogP contribution in [0.4, 0.5) is 5.69 Å². The SMILES string of the molecule is COc1cc(/C=N/NS(=O)(=O)c2ccc(C)cc2)ccc1OCC(=O)Nc1ccccc1Cl. The molecule has 0 aromatic heterocycles. The van der Waals surface area contributed by atoms with Crippen molar-refractivity contribution in [3.63, 3.8) is 0 Å². The molecule has 0 fully saturated rings. The van der Waals surface area contributed by atoms with Crippen molar-refractivity contribution in [2.75, 3.05) is 19.0 Å². The molecular formula is C23H22ClN3O5S. The lowest BCUT2D eigenvalue weighted by Crippen LogP contribution is -2.20. The Kier molecular flexibility index (Phi) is 7.92. The molecule has 0 atom stereocenters. The van der Waals surface area contributed by atoms with Crippen molar-refractivity contribution in [3.05, 3.63) is 82.9 Å². The van der Waals surface area contributed by atoms with Crippen molar-refractivity contribution in [3.8, 4) is 11.5 Å². The number of sulfonamides is 1. The minimum absolute atomic E-state index is 0.113. The molecule has 2 N–H and O–H groups in total. The Hall–Kier alpha value is -3.56. The van der Waals surface area contributed by atoms with Gasteiger partial charge in [0.2, 0.25) is 0 Å². The molecule has 0 saturated carbocycles. The van der Waals surface area contributed by atoms with Crippen molar-refractivity contribution in [1.29, 1.82) is 0 Å². The van der Waals surface area contributed by atoms with Crippen LogP contribution in [0.25, 0.3) is 0 Å². The zero-order chi connectivity index (χ0) is 23.8. The highest BCUT2D eigenvalue weighted by molar-refractivity contribution is 7.89. The van der Waals surface area contributed by atoms with Crippen LogP contribution < -0.4 is 19.6 Å². The largest absolute Gasteiger partial charge is 0.493 e. The summed E-state index contributed by atoms with van der Waals surface area (Å²) in [5.41, 5.74) is 2.00. The topological polar surface area (TPSA) is 106 Å². The number of methoxy groups -OCH3 is 1. The molecule has 0 aliphatic carbocycles. The van der Waals surface area contributed by atoms with Crippen molar-refractivity contribution < 1.29 is 22.7 Å². The molecule has 172 valence electrons. The fourth-order valence-electron chi connectivity index (χ4n) is 2.72. The van der Waals surface area contributed by atoms with Crippen LogP contribution in [0.2, 0.25) is 5.02 Å². The number of benzene rings is 3. The number of nitrogens with one attached hydrogen (secondary N) is 2. The number of anilines is 1. The van der Waals surface area contributed by atoms with E-state index in [1.54, 1.807) is 54.6 Å². The number of rotatable bonds is 9. The average Bonchev–Trinajstić information content (AvgIpc) is 2.79. The minimum atomic E-state index is -3.78. The molecule has 1 amide bonds. The van der Waals surface area contributed by atoms with E-state index in [1.807, 2.05) is 6.92 Å². The first-order chi connectivity index (χ1) is 15.8. The molecule has 10 heteroatoms. The molecule has 0 spiro atoms. The highest BCUT2D eigenvalue weighted by Gasteiger charge is 2.12. The molecule has 0 bridgehead atoms. The molecule has 3 aromatic carbocycles. The van der Waals surface area contributed by atoms with E-state index in [-0.39, 0.29) is 17.4 Å². The van der Waals surface area contributed by atoms with Gasteiger partial charge in [0.1, 0.15) is 0 Å². The van der Waals surface area contributed by atoms with Gasteiger partial charge in [0.05, 0.1) is 28.9 Å². The summed E-state index contributed by atoms with van der Waals surface area (Å²) in [6, 6.07) is 18.1. The van der Waals surface area contributed by atoms with Crippen molar-refractivity contribution in [2.45, 2.75) is 11.8 Å². The van der Waals surface area contributed by atoms with E-state index in [1.165, 1.54) is 25.5 Å². The standard InChI is InChI=1S/C23H22ClN3O5S/c1-16-7-10-18(11-8-16)33(29,30)27-25-14-17-9-12-21(22(13-17)31-2)32-15-23(28)26-20-6-4-3-5-19(20)24/h3-14,27H,15H2,1-2H3,(H,26,28)/b25-14+. The summed E-state index contributed by atoms with van der Waals surface area (Å²) in [4.78, 5) is 14.4. The summed E-state index contributed by atoms with van der Waals surface area (Å²) >= 11 is 6.03. The van der Waals surface area contributed by atoms with E-state index < -0.39 is 10.0 Å². The lowest BCUT2D eigenvalue weighted by Gasteiger charge is -2.12. The number of ether oxygens (including phenoxy) is 2. The van der Waals surface area contributed by atoms with Gasteiger partial charge < -0.3 is 14.8 Å². The Labute approximate surface area is 197 Å². The van der Waals surface area contributed by atoms with E-state index in [0.717, 1.165) is 5.56 Å². The Morgan fingerprint density at radius 2 is 1.79 bits per heavy atom. The Bertz CT molecular complexity index is 1260. The van der Waals surface area contributed by atoms with Crippen LogP contribution in [-0.2, 0) is 14.8 Å². The maximum Gasteiger partial charge on any atom is 0.276 e. The van der Waals surface area contributed by atoms with Crippen LogP contribution in [0.5, 0.6) is 11.5 Å². The number of carbonyl (C=O) groups excluding carboxylic acids is 1. The summed E-state index contributed by atoms with van der Waals surface area (Å²) in [7, 11) is -2.32. The van der Waals surface area contributed by atoms with E-state index >= 15 is 0 Å². The number of hydrogen-bond donors (Lipinski definition) is 2. The number of hydrazone groups is 1. The van der Waals surface area contributed by atoms with Crippen molar-refractivity contribution in [2.24, 2.45) is 5.10 Å². The molecule has 3 aromatic rings. The number of halogens is 1. The number of nitrogens with zero attached hydrogens (tertiary/aromatic N) is 1. The summed E-state index contributed by atoms with van der Waals surface area (Å²) in [5, 5.41) is 6.90. The first kappa shape index (κ1) is 24.1. The summed E-state index contributed by atoms with van der Waals surface area (Å²) in [6.07, 6.45) is 1.34. The monoisotopic (exact) mass is 487 g/mol. The third-order valence-corrected chi connectivity index (χ3v) is 5.98. The molecule has 0 aliphatic heterocycles. The van der Waals surface area contributed by atoms with Crippen LogP contribution in [0.15, 0.2) is 76.7 Å². The quantitative estimate of drug-likeness (QED) is 0.350. The van der Waals surface area contributed by atoms with Gasteiger partial charge in [-0.25, -0.2) is 4.83 Å². The van der Waals surface area contributed by atoms with Gasteiger partial charge in [-0.15, -0.1) is 0 Å². The van der Waals surface area contributed by atoms with E-state index in [9.17, 15) is 13.2 Å². The number of para-hydroxylation sites is 1. The zero-order valence-electron chi connectivity index (χ0n) is 17.9. The summed E-state index contributed by atoms with van der Waals surface area (Å²) < 4.78 is 35.4. The van der Waals surface area contributed by atoms with Gasteiger partial charge in [-0.3, -0.25) is 4.79 Å². The van der Waals surface area contributed by atoms with Gasteiger partial charge >= 0.3 is 0 Å². The van der Waals surface area contributed by atoms with Gasteiger partial charge in [0.15, 0.2) is 18.1 Å². The van der Waals surface area contributed by atoms with Crippen molar-refractivity contribution >= 4 is 39.4 Å². The molecule has 0 radical (unpaired) electrons. The Morgan fingerprint density at radius 1 is 1.06 bits per heavy atom. The second kappa shape index (κ2) is 10.8. The van der Waals surface area contributed by atoms with Gasteiger partial charge in [0, 0.05) is 0 Å². The van der Waals surface area contributed by atoms with Crippen LogP contribution in [0.1, 0.15) is 11.1 Å². The third kappa shape index (κ3) is 6.71. The Morgan fingerprint density at radius 3 is 2.48 bits per heavy atom. The number of aryl methyl sites for hydroxylation is 1. The molecule has 8 nitrogen and oxygen atoms in total. The molecule has 3 rings (SSSR count). The molecule has 0 unspecified atom stereocenters. The van der Waals surface area contributed by atoms with Crippen LogP contribution in [0.3, 0.4) is 0 Å². The smallest absolute Gasteiger partial charge is 0.276 e. The first-order valence-electron chi connectivity index (χ1n) is 9.75. The molecule has 33 heavy (non-hydrogen) atoms. The predicted molar refractivity (Wildman–Crippen MR) is 128 cm³/mol.